The lowest BCUT2D eigenvalue weighted by Crippen LogP contribution is -2.36. The summed E-state index contributed by atoms with van der Waals surface area (Å²) in [4.78, 5) is 23.5. The normalized spacial score (nSPS) is 10.6. The summed E-state index contributed by atoms with van der Waals surface area (Å²) in [6, 6.07) is 19.5. The summed E-state index contributed by atoms with van der Waals surface area (Å²) in [5.74, 6) is -0.0738. The zero-order valence-corrected chi connectivity index (χ0v) is 15.7. The van der Waals surface area contributed by atoms with Gasteiger partial charge in [-0.2, -0.15) is 0 Å². The number of aromatic nitrogens is 2. The van der Waals surface area contributed by atoms with Crippen molar-refractivity contribution in [2.45, 2.75) is 33.0 Å². The number of amides is 1. The third kappa shape index (κ3) is 5.14. The van der Waals surface area contributed by atoms with Gasteiger partial charge < -0.3 is 10.2 Å². The maximum atomic E-state index is 13.0. The number of benzene rings is 1. The summed E-state index contributed by atoms with van der Waals surface area (Å²) in [6.07, 6.45) is 3.43. The van der Waals surface area contributed by atoms with Crippen LogP contribution in [0.25, 0.3) is 0 Å². The van der Waals surface area contributed by atoms with E-state index in [-0.39, 0.29) is 11.9 Å². The topological polar surface area (TPSA) is 58.1 Å². The molecule has 0 spiro atoms. The van der Waals surface area contributed by atoms with Crippen LogP contribution in [-0.2, 0) is 13.1 Å². The number of carbonyl (C=O) groups is 1. The molecule has 138 valence electrons. The zero-order chi connectivity index (χ0) is 19.1. The Bertz CT molecular complexity index is 866. The predicted molar refractivity (Wildman–Crippen MR) is 107 cm³/mol. The van der Waals surface area contributed by atoms with Crippen LogP contribution < -0.4 is 5.32 Å². The van der Waals surface area contributed by atoms with E-state index in [1.807, 2.05) is 73.3 Å². The van der Waals surface area contributed by atoms with Gasteiger partial charge >= 0.3 is 0 Å². The monoisotopic (exact) mass is 360 g/mol. The van der Waals surface area contributed by atoms with Crippen LogP contribution in [0, 0.1) is 0 Å². The molecule has 5 nitrogen and oxygen atoms in total. The molecule has 0 saturated heterocycles. The lowest BCUT2D eigenvalue weighted by molar-refractivity contribution is 0.0684. The van der Waals surface area contributed by atoms with Crippen molar-refractivity contribution >= 4 is 11.6 Å². The van der Waals surface area contributed by atoms with E-state index in [0.717, 1.165) is 16.9 Å². The third-order valence-corrected chi connectivity index (χ3v) is 4.26. The van der Waals surface area contributed by atoms with Crippen molar-refractivity contribution < 1.29 is 4.79 Å². The molecule has 0 saturated carbocycles. The minimum Gasteiger partial charge on any atom is -0.379 e. The Morgan fingerprint density at radius 3 is 2.48 bits per heavy atom. The van der Waals surface area contributed by atoms with Gasteiger partial charge in [-0.05, 0) is 43.7 Å². The average molecular weight is 360 g/mol. The van der Waals surface area contributed by atoms with Crippen molar-refractivity contribution in [2.24, 2.45) is 0 Å². The molecule has 0 radical (unpaired) electrons. The van der Waals surface area contributed by atoms with E-state index in [1.165, 1.54) is 0 Å². The molecule has 3 rings (SSSR count). The molecular formula is C22H24N4O. The van der Waals surface area contributed by atoms with Gasteiger partial charge in [0, 0.05) is 30.7 Å². The van der Waals surface area contributed by atoms with E-state index in [4.69, 9.17) is 0 Å². The molecule has 2 heterocycles. The van der Waals surface area contributed by atoms with Gasteiger partial charge in [0.1, 0.15) is 5.69 Å². The maximum absolute atomic E-state index is 13.0. The van der Waals surface area contributed by atoms with E-state index in [9.17, 15) is 4.79 Å². The first-order valence-corrected chi connectivity index (χ1v) is 9.08. The van der Waals surface area contributed by atoms with E-state index >= 15 is 0 Å². The van der Waals surface area contributed by atoms with Crippen molar-refractivity contribution in [3.63, 3.8) is 0 Å². The number of carbonyl (C=O) groups excluding carboxylic acids is 1. The maximum Gasteiger partial charge on any atom is 0.273 e. The van der Waals surface area contributed by atoms with E-state index < -0.39 is 0 Å². The molecule has 0 atom stereocenters. The molecule has 2 aromatic heterocycles. The molecule has 1 aromatic carbocycles. The minimum absolute atomic E-state index is 0.0737. The second kappa shape index (κ2) is 8.94. The molecule has 0 aliphatic rings. The van der Waals surface area contributed by atoms with Gasteiger partial charge in [-0.1, -0.05) is 36.4 Å². The first-order valence-electron chi connectivity index (χ1n) is 9.08. The Balaban J connectivity index is 1.72. The van der Waals surface area contributed by atoms with Crippen LogP contribution in [0.2, 0.25) is 0 Å². The first-order chi connectivity index (χ1) is 13.1. The number of rotatable bonds is 7. The second-order valence-corrected chi connectivity index (χ2v) is 6.62. The van der Waals surface area contributed by atoms with Crippen LogP contribution in [0.5, 0.6) is 0 Å². The summed E-state index contributed by atoms with van der Waals surface area (Å²) in [5, 5.41) is 3.30. The van der Waals surface area contributed by atoms with Crippen LogP contribution >= 0.6 is 0 Å². The quantitative estimate of drug-likeness (QED) is 0.688. The van der Waals surface area contributed by atoms with E-state index in [0.29, 0.717) is 18.8 Å². The highest BCUT2D eigenvalue weighted by Crippen LogP contribution is 2.15. The summed E-state index contributed by atoms with van der Waals surface area (Å²) in [7, 11) is 0. The summed E-state index contributed by atoms with van der Waals surface area (Å²) in [5.41, 5.74) is 3.33. The lowest BCUT2D eigenvalue weighted by Gasteiger charge is -2.26. The largest absolute Gasteiger partial charge is 0.379 e. The van der Waals surface area contributed by atoms with Gasteiger partial charge in [-0.25, -0.2) is 0 Å². The lowest BCUT2D eigenvalue weighted by atomic mass is 10.1. The molecule has 1 N–H and O–H groups in total. The van der Waals surface area contributed by atoms with Crippen LogP contribution in [0.1, 0.15) is 35.6 Å². The van der Waals surface area contributed by atoms with Gasteiger partial charge in [0.25, 0.3) is 5.91 Å². The molecule has 1 amide bonds. The Morgan fingerprint density at radius 1 is 1.00 bits per heavy atom. The fourth-order valence-electron chi connectivity index (χ4n) is 2.77. The number of hydrogen-bond acceptors (Lipinski definition) is 4. The number of hydrogen-bond donors (Lipinski definition) is 1. The van der Waals surface area contributed by atoms with Gasteiger partial charge in [0.2, 0.25) is 0 Å². The van der Waals surface area contributed by atoms with E-state index in [2.05, 4.69) is 15.3 Å². The minimum atomic E-state index is -0.0738. The fourth-order valence-corrected chi connectivity index (χ4v) is 2.77. The number of anilines is 1. The standard InChI is InChI=1S/C22H24N4O/c1-17(2)26(16-18-8-4-3-5-9-18)22(27)21-14-19(11-13-24-21)25-15-20-10-6-7-12-23-20/h3-14,17H,15-16H2,1-2H3,(H,24,25). The van der Waals surface area contributed by atoms with Crippen LogP contribution in [-0.4, -0.2) is 26.8 Å². The molecule has 27 heavy (non-hydrogen) atoms. The molecule has 0 fully saturated rings. The average Bonchev–Trinajstić information content (AvgIpc) is 2.71. The number of pyridine rings is 2. The fraction of sp³-hybridized carbons (Fsp3) is 0.227. The van der Waals surface area contributed by atoms with Crippen molar-refractivity contribution in [3.05, 3.63) is 90.0 Å². The molecular weight excluding hydrogens is 336 g/mol. The highest BCUT2D eigenvalue weighted by atomic mass is 16.2. The molecule has 0 aliphatic heterocycles. The summed E-state index contributed by atoms with van der Waals surface area (Å²) in [6.45, 7) is 5.19. The second-order valence-electron chi connectivity index (χ2n) is 6.62. The Hall–Kier alpha value is -3.21. The Labute approximate surface area is 160 Å². The molecule has 0 aliphatic carbocycles. The Morgan fingerprint density at radius 2 is 1.78 bits per heavy atom. The molecule has 0 bridgehead atoms. The van der Waals surface area contributed by atoms with E-state index in [1.54, 1.807) is 18.5 Å². The highest BCUT2D eigenvalue weighted by molar-refractivity contribution is 5.93. The van der Waals surface area contributed by atoms with Gasteiger partial charge in [0.15, 0.2) is 0 Å². The van der Waals surface area contributed by atoms with Crippen molar-refractivity contribution in [3.8, 4) is 0 Å². The smallest absolute Gasteiger partial charge is 0.273 e. The van der Waals surface area contributed by atoms with Crippen molar-refractivity contribution in [1.82, 2.24) is 14.9 Å². The highest BCUT2D eigenvalue weighted by Gasteiger charge is 2.20. The molecule has 5 heteroatoms. The van der Waals surface area contributed by atoms with Crippen molar-refractivity contribution in [2.75, 3.05) is 5.32 Å². The van der Waals surface area contributed by atoms with Crippen molar-refractivity contribution in [1.29, 1.82) is 0 Å². The predicted octanol–water partition coefficient (Wildman–Crippen LogP) is 4.14. The molecule has 3 aromatic rings. The zero-order valence-electron chi connectivity index (χ0n) is 15.7. The van der Waals surface area contributed by atoms with Gasteiger partial charge in [0.05, 0.1) is 12.2 Å². The summed E-state index contributed by atoms with van der Waals surface area (Å²) < 4.78 is 0. The van der Waals surface area contributed by atoms with Crippen LogP contribution in [0.3, 0.4) is 0 Å². The van der Waals surface area contributed by atoms with Crippen LogP contribution in [0.15, 0.2) is 73.1 Å². The Kier molecular flexibility index (Phi) is 6.15. The number of nitrogens with one attached hydrogen (secondary N) is 1. The molecule has 0 unspecified atom stereocenters. The SMILES string of the molecule is CC(C)N(Cc1ccccc1)C(=O)c1cc(NCc2ccccn2)ccn1. The summed E-state index contributed by atoms with van der Waals surface area (Å²) >= 11 is 0. The number of nitrogens with zero attached hydrogens (tertiary/aromatic N) is 3. The van der Waals surface area contributed by atoms with Gasteiger partial charge in [-0.15, -0.1) is 0 Å². The first kappa shape index (κ1) is 18.6. The van der Waals surface area contributed by atoms with Gasteiger partial charge in [-0.3, -0.25) is 14.8 Å². The third-order valence-electron chi connectivity index (χ3n) is 4.26. The van der Waals surface area contributed by atoms with Crippen LogP contribution in [0.4, 0.5) is 5.69 Å².